The third-order valence-electron chi connectivity index (χ3n) is 3.55. The molecule has 0 amide bonds. The number of nitrogens with zero attached hydrogens (tertiary/aromatic N) is 2. The summed E-state index contributed by atoms with van der Waals surface area (Å²) in [6, 6.07) is 23.9. The molecule has 3 aromatic carbocycles. The first-order valence-electron chi connectivity index (χ1n) is 7.53. The van der Waals surface area contributed by atoms with Gasteiger partial charge in [0.25, 0.3) is 5.69 Å². The highest BCUT2D eigenvalue weighted by atomic mass is 35.5. The molecule has 3 aromatic rings. The zero-order valence-electron chi connectivity index (χ0n) is 13.1. The van der Waals surface area contributed by atoms with Crippen molar-refractivity contribution in [3.05, 3.63) is 105 Å². The van der Waals surface area contributed by atoms with Crippen molar-refractivity contribution in [1.82, 2.24) is 0 Å². The zero-order chi connectivity index (χ0) is 17.6. The van der Waals surface area contributed by atoms with E-state index in [1.807, 2.05) is 60.7 Å². The van der Waals surface area contributed by atoms with Crippen LogP contribution in [0, 0.1) is 10.1 Å². The van der Waals surface area contributed by atoms with Crippen LogP contribution in [-0.2, 0) is 0 Å². The van der Waals surface area contributed by atoms with Gasteiger partial charge in [0.05, 0.1) is 16.2 Å². The maximum atomic E-state index is 11.0. The van der Waals surface area contributed by atoms with E-state index in [1.165, 1.54) is 12.1 Å². The van der Waals surface area contributed by atoms with E-state index in [9.17, 15) is 10.1 Å². The van der Waals surface area contributed by atoms with Crippen molar-refractivity contribution in [2.75, 3.05) is 0 Å². The minimum absolute atomic E-state index is 0.0827. The molecule has 0 aliphatic carbocycles. The summed E-state index contributed by atoms with van der Waals surface area (Å²) in [4.78, 5) is 14.8. The summed E-state index contributed by atoms with van der Waals surface area (Å²) < 4.78 is 0. The molecule has 0 saturated carbocycles. The molecule has 4 nitrogen and oxygen atoms in total. The summed E-state index contributed by atoms with van der Waals surface area (Å²) in [7, 11) is 0. The average Bonchev–Trinajstić information content (AvgIpc) is 2.65. The van der Waals surface area contributed by atoms with E-state index < -0.39 is 4.92 Å². The maximum absolute atomic E-state index is 11.0. The predicted molar refractivity (Wildman–Crippen MR) is 101 cm³/mol. The quantitative estimate of drug-likeness (QED) is 0.346. The van der Waals surface area contributed by atoms with Gasteiger partial charge < -0.3 is 0 Å². The van der Waals surface area contributed by atoms with Crippen LogP contribution in [0.1, 0.15) is 11.1 Å². The molecule has 122 valence electrons. The highest BCUT2D eigenvalue weighted by molar-refractivity contribution is 6.32. The van der Waals surface area contributed by atoms with Crippen LogP contribution in [0.3, 0.4) is 0 Å². The van der Waals surface area contributed by atoms with Crippen molar-refractivity contribution in [3.8, 4) is 0 Å². The fourth-order valence-electron chi connectivity index (χ4n) is 2.34. The molecule has 5 heteroatoms. The molecule has 0 fully saturated rings. The standard InChI is InChI=1S/C20H13ClN2O2/c21-19-12-11-17(13-20(19)23(24)25)22-14-18(15-7-3-1-4-8-15)16-9-5-2-6-10-16/h1-13H. The fourth-order valence-corrected chi connectivity index (χ4v) is 2.52. The summed E-state index contributed by atoms with van der Waals surface area (Å²) in [5.41, 5.74) is 2.96. The molecule has 0 saturated heterocycles. The summed E-state index contributed by atoms with van der Waals surface area (Å²) in [6.45, 7) is 0. The predicted octanol–water partition coefficient (Wildman–Crippen LogP) is 5.68. The lowest BCUT2D eigenvalue weighted by molar-refractivity contribution is -0.384. The second-order valence-corrected chi connectivity index (χ2v) is 5.63. The van der Waals surface area contributed by atoms with Gasteiger partial charge in [0.2, 0.25) is 0 Å². The molecule has 0 aliphatic rings. The third-order valence-corrected chi connectivity index (χ3v) is 3.87. The Morgan fingerprint density at radius 2 is 1.48 bits per heavy atom. The SMILES string of the molecule is O=[N+]([O-])c1cc(N=C=C(c2ccccc2)c2ccccc2)ccc1Cl. The van der Waals surface area contributed by atoms with Crippen LogP contribution in [0.5, 0.6) is 0 Å². The molecule has 0 bridgehead atoms. The van der Waals surface area contributed by atoms with E-state index in [0.717, 1.165) is 16.7 Å². The van der Waals surface area contributed by atoms with Gasteiger partial charge in [-0.1, -0.05) is 72.3 Å². The molecule has 0 aromatic heterocycles. The van der Waals surface area contributed by atoms with Crippen LogP contribution in [0.2, 0.25) is 5.02 Å². The number of nitro groups is 1. The number of rotatable bonds is 4. The Kier molecular flexibility index (Phi) is 5.05. The van der Waals surface area contributed by atoms with E-state index in [4.69, 9.17) is 11.6 Å². The first-order chi connectivity index (χ1) is 12.1. The summed E-state index contributed by atoms with van der Waals surface area (Å²) in [5.74, 6) is 3.03. The van der Waals surface area contributed by atoms with E-state index in [-0.39, 0.29) is 10.7 Å². The van der Waals surface area contributed by atoms with Crippen molar-refractivity contribution < 1.29 is 4.92 Å². The van der Waals surface area contributed by atoms with E-state index in [0.29, 0.717) is 5.69 Å². The number of benzene rings is 3. The number of hydrogen-bond donors (Lipinski definition) is 0. The topological polar surface area (TPSA) is 55.5 Å². The molecular weight excluding hydrogens is 336 g/mol. The average molecular weight is 349 g/mol. The molecule has 0 atom stereocenters. The van der Waals surface area contributed by atoms with Crippen LogP contribution in [-0.4, -0.2) is 10.8 Å². The van der Waals surface area contributed by atoms with Gasteiger partial charge in [-0.15, -0.1) is 0 Å². The molecule has 0 heterocycles. The smallest absolute Gasteiger partial charge is 0.258 e. The van der Waals surface area contributed by atoms with Crippen molar-refractivity contribution in [2.24, 2.45) is 4.99 Å². The highest BCUT2D eigenvalue weighted by Crippen LogP contribution is 2.29. The van der Waals surface area contributed by atoms with Gasteiger partial charge in [0, 0.05) is 6.07 Å². The lowest BCUT2D eigenvalue weighted by Gasteiger charge is -2.04. The van der Waals surface area contributed by atoms with Gasteiger partial charge >= 0.3 is 0 Å². The zero-order valence-corrected chi connectivity index (χ0v) is 13.9. The van der Waals surface area contributed by atoms with Crippen LogP contribution in [0.25, 0.3) is 5.57 Å². The van der Waals surface area contributed by atoms with Gasteiger partial charge in [-0.25, -0.2) is 4.99 Å². The number of halogens is 1. The molecule has 25 heavy (non-hydrogen) atoms. The van der Waals surface area contributed by atoms with Gasteiger partial charge in [-0.3, -0.25) is 10.1 Å². The summed E-state index contributed by atoms with van der Waals surface area (Å²) in [5, 5.41) is 11.1. The van der Waals surface area contributed by atoms with E-state index in [2.05, 4.69) is 10.9 Å². The first kappa shape index (κ1) is 16.7. The summed E-state index contributed by atoms with van der Waals surface area (Å²) >= 11 is 5.84. The minimum Gasteiger partial charge on any atom is -0.258 e. The summed E-state index contributed by atoms with van der Waals surface area (Å²) in [6.07, 6.45) is 0. The van der Waals surface area contributed by atoms with E-state index >= 15 is 0 Å². The minimum atomic E-state index is -0.527. The van der Waals surface area contributed by atoms with Gasteiger partial charge in [-0.05, 0) is 29.1 Å². The monoisotopic (exact) mass is 348 g/mol. The van der Waals surface area contributed by atoms with Crippen LogP contribution in [0.15, 0.2) is 83.9 Å². The molecule has 0 unspecified atom stereocenters. The third kappa shape index (κ3) is 4.01. The second-order valence-electron chi connectivity index (χ2n) is 5.22. The fraction of sp³-hybridized carbons (Fsp3) is 0. The normalized spacial score (nSPS) is 9.96. The lowest BCUT2D eigenvalue weighted by atomic mass is 9.99. The molecule has 0 spiro atoms. The highest BCUT2D eigenvalue weighted by Gasteiger charge is 2.12. The Labute approximate surface area is 149 Å². The molecule has 0 radical (unpaired) electrons. The second kappa shape index (κ2) is 7.58. The number of nitro benzene ring substituents is 1. The number of aliphatic imine (C=N–C) groups is 1. The maximum Gasteiger partial charge on any atom is 0.290 e. The molecule has 0 N–H and O–H groups in total. The molecule has 3 rings (SSSR count). The van der Waals surface area contributed by atoms with Crippen molar-refractivity contribution in [1.29, 1.82) is 0 Å². The van der Waals surface area contributed by atoms with Crippen molar-refractivity contribution in [2.45, 2.75) is 0 Å². The van der Waals surface area contributed by atoms with Crippen LogP contribution >= 0.6 is 11.6 Å². The molecule has 0 aliphatic heterocycles. The Morgan fingerprint density at radius 3 is 2.00 bits per heavy atom. The van der Waals surface area contributed by atoms with Crippen LogP contribution in [0.4, 0.5) is 11.4 Å². The lowest BCUT2D eigenvalue weighted by Crippen LogP contribution is -1.89. The molecular formula is C20H13ClN2O2. The Balaban J connectivity index is 2.12. The van der Waals surface area contributed by atoms with Crippen molar-refractivity contribution >= 4 is 34.4 Å². The van der Waals surface area contributed by atoms with E-state index in [1.54, 1.807) is 6.07 Å². The van der Waals surface area contributed by atoms with Gasteiger partial charge in [0.1, 0.15) is 5.02 Å². The van der Waals surface area contributed by atoms with Crippen LogP contribution < -0.4 is 0 Å². The van der Waals surface area contributed by atoms with Crippen molar-refractivity contribution in [3.63, 3.8) is 0 Å². The Hall–Kier alpha value is -3.20. The van der Waals surface area contributed by atoms with Gasteiger partial charge in [0.15, 0.2) is 0 Å². The number of hydrogen-bond acceptors (Lipinski definition) is 3. The largest absolute Gasteiger partial charge is 0.290 e. The Morgan fingerprint density at radius 1 is 0.920 bits per heavy atom. The Bertz CT molecular complexity index is 922. The van der Waals surface area contributed by atoms with Gasteiger partial charge in [-0.2, -0.15) is 0 Å². The first-order valence-corrected chi connectivity index (χ1v) is 7.91.